The first-order chi connectivity index (χ1) is 8.36. The van der Waals surface area contributed by atoms with E-state index in [-0.39, 0.29) is 0 Å². The van der Waals surface area contributed by atoms with E-state index in [1.54, 1.807) is 0 Å². The summed E-state index contributed by atoms with van der Waals surface area (Å²) in [7, 11) is 0. The SMILES string of the molecule is CCC1CNCCN1C(CC)C1CCCCC1. The van der Waals surface area contributed by atoms with Crippen LogP contribution in [-0.4, -0.2) is 36.6 Å². The molecule has 0 amide bonds. The van der Waals surface area contributed by atoms with Gasteiger partial charge in [-0.3, -0.25) is 4.90 Å². The maximum Gasteiger partial charge on any atom is 0.0221 e. The summed E-state index contributed by atoms with van der Waals surface area (Å²) in [6, 6.07) is 1.65. The minimum absolute atomic E-state index is 0.788. The number of hydrogen-bond acceptors (Lipinski definition) is 2. The molecular weight excluding hydrogens is 208 g/mol. The summed E-state index contributed by atoms with van der Waals surface area (Å²) in [6.07, 6.45) is 10.1. The Labute approximate surface area is 107 Å². The zero-order chi connectivity index (χ0) is 12.1. The number of hydrogen-bond donors (Lipinski definition) is 1. The first-order valence-electron chi connectivity index (χ1n) is 7.83. The largest absolute Gasteiger partial charge is 0.314 e. The Bertz CT molecular complexity index is 211. The number of rotatable bonds is 4. The van der Waals surface area contributed by atoms with Crippen molar-refractivity contribution in [3.8, 4) is 0 Å². The second-order valence-corrected chi connectivity index (χ2v) is 5.88. The van der Waals surface area contributed by atoms with Crippen LogP contribution >= 0.6 is 0 Å². The highest BCUT2D eigenvalue weighted by atomic mass is 15.2. The lowest BCUT2D eigenvalue weighted by Crippen LogP contribution is -2.56. The highest BCUT2D eigenvalue weighted by Gasteiger charge is 2.32. The van der Waals surface area contributed by atoms with Gasteiger partial charge in [0.1, 0.15) is 0 Å². The predicted molar refractivity (Wildman–Crippen MR) is 74.3 cm³/mol. The molecule has 2 unspecified atom stereocenters. The quantitative estimate of drug-likeness (QED) is 0.810. The third-order valence-electron chi connectivity index (χ3n) is 4.91. The van der Waals surface area contributed by atoms with Crippen molar-refractivity contribution in [2.24, 2.45) is 5.92 Å². The molecule has 1 aliphatic heterocycles. The van der Waals surface area contributed by atoms with E-state index in [0.717, 1.165) is 18.0 Å². The van der Waals surface area contributed by atoms with Gasteiger partial charge in [0.2, 0.25) is 0 Å². The summed E-state index contributed by atoms with van der Waals surface area (Å²) in [5.41, 5.74) is 0. The molecule has 1 saturated heterocycles. The summed E-state index contributed by atoms with van der Waals surface area (Å²) in [4.78, 5) is 2.84. The van der Waals surface area contributed by atoms with E-state index in [1.165, 1.54) is 64.6 Å². The van der Waals surface area contributed by atoms with Gasteiger partial charge in [0.25, 0.3) is 0 Å². The molecular formula is C15H30N2. The molecule has 1 aliphatic carbocycles. The lowest BCUT2D eigenvalue weighted by atomic mass is 9.81. The van der Waals surface area contributed by atoms with Crippen LogP contribution in [0, 0.1) is 5.92 Å². The number of nitrogens with zero attached hydrogens (tertiary/aromatic N) is 1. The Morgan fingerprint density at radius 3 is 2.59 bits per heavy atom. The van der Waals surface area contributed by atoms with Gasteiger partial charge >= 0.3 is 0 Å². The maximum absolute atomic E-state index is 3.56. The standard InChI is InChI=1S/C15H30N2/c1-3-14-12-16-10-11-17(14)15(4-2)13-8-6-5-7-9-13/h13-16H,3-12H2,1-2H3. The van der Waals surface area contributed by atoms with Crippen LogP contribution in [0.4, 0.5) is 0 Å². The van der Waals surface area contributed by atoms with Crippen LogP contribution in [0.2, 0.25) is 0 Å². The van der Waals surface area contributed by atoms with Crippen molar-refractivity contribution in [1.29, 1.82) is 0 Å². The van der Waals surface area contributed by atoms with E-state index in [0.29, 0.717) is 0 Å². The average molecular weight is 238 g/mol. The second kappa shape index (κ2) is 6.75. The van der Waals surface area contributed by atoms with E-state index in [1.807, 2.05) is 0 Å². The smallest absolute Gasteiger partial charge is 0.0221 e. The molecule has 2 atom stereocenters. The van der Waals surface area contributed by atoms with Gasteiger partial charge in [-0.25, -0.2) is 0 Å². The zero-order valence-electron chi connectivity index (χ0n) is 11.8. The fraction of sp³-hybridized carbons (Fsp3) is 1.00. The van der Waals surface area contributed by atoms with Crippen molar-refractivity contribution in [2.45, 2.75) is 70.9 Å². The van der Waals surface area contributed by atoms with Crippen LogP contribution in [0.5, 0.6) is 0 Å². The Morgan fingerprint density at radius 2 is 1.94 bits per heavy atom. The van der Waals surface area contributed by atoms with E-state index in [2.05, 4.69) is 24.1 Å². The Balaban J connectivity index is 1.99. The average Bonchev–Trinajstić information content (AvgIpc) is 2.41. The molecule has 1 N–H and O–H groups in total. The fourth-order valence-electron chi connectivity index (χ4n) is 3.95. The van der Waals surface area contributed by atoms with Gasteiger partial charge in [-0.2, -0.15) is 0 Å². The van der Waals surface area contributed by atoms with Crippen LogP contribution in [0.3, 0.4) is 0 Å². The van der Waals surface area contributed by atoms with Gasteiger partial charge in [-0.15, -0.1) is 0 Å². The molecule has 0 spiro atoms. The third-order valence-corrected chi connectivity index (χ3v) is 4.91. The molecule has 0 aromatic rings. The van der Waals surface area contributed by atoms with E-state index < -0.39 is 0 Å². The highest BCUT2D eigenvalue weighted by Crippen LogP contribution is 2.32. The van der Waals surface area contributed by atoms with Crippen LogP contribution in [0.25, 0.3) is 0 Å². The van der Waals surface area contributed by atoms with Gasteiger partial charge in [0.15, 0.2) is 0 Å². The number of piperazine rings is 1. The van der Waals surface area contributed by atoms with E-state index >= 15 is 0 Å². The lowest BCUT2D eigenvalue weighted by Gasteiger charge is -2.45. The molecule has 0 bridgehead atoms. The molecule has 2 aliphatic rings. The van der Waals surface area contributed by atoms with Crippen LogP contribution in [0.1, 0.15) is 58.8 Å². The summed E-state index contributed by atoms with van der Waals surface area (Å²) in [6.45, 7) is 8.42. The molecule has 2 heteroatoms. The third kappa shape index (κ3) is 3.23. The van der Waals surface area contributed by atoms with Crippen molar-refractivity contribution in [2.75, 3.05) is 19.6 Å². The molecule has 17 heavy (non-hydrogen) atoms. The molecule has 2 fully saturated rings. The van der Waals surface area contributed by atoms with Crippen molar-refractivity contribution in [3.63, 3.8) is 0 Å². The van der Waals surface area contributed by atoms with Crippen LogP contribution in [0.15, 0.2) is 0 Å². The summed E-state index contributed by atoms with van der Waals surface area (Å²) in [5.74, 6) is 0.987. The Hall–Kier alpha value is -0.0800. The summed E-state index contributed by atoms with van der Waals surface area (Å²) >= 11 is 0. The molecule has 0 radical (unpaired) electrons. The molecule has 100 valence electrons. The normalized spacial score (nSPS) is 30.4. The topological polar surface area (TPSA) is 15.3 Å². The van der Waals surface area contributed by atoms with Crippen molar-refractivity contribution in [1.82, 2.24) is 10.2 Å². The molecule has 0 aromatic carbocycles. The second-order valence-electron chi connectivity index (χ2n) is 5.88. The fourth-order valence-corrected chi connectivity index (χ4v) is 3.95. The van der Waals surface area contributed by atoms with Gasteiger partial charge in [0.05, 0.1) is 0 Å². The monoisotopic (exact) mass is 238 g/mol. The Morgan fingerprint density at radius 1 is 1.18 bits per heavy atom. The zero-order valence-corrected chi connectivity index (χ0v) is 11.8. The Kier molecular flexibility index (Phi) is 5.30. The lowest BCUT2D eigenvalue weighted by molar-refractivity contribution is 0.0524. The maximum atomic E-state index is 3.56. The molecule has 2 rings (SSSR count). The minimum Gasteiger partial charge on any atom is -0.314 e. The number of nitrogens with one attached hydrogen (secondary N) is 1. The van der Waals surface area contributed by atoms with Gasteiger partial charge < -0.3 is 5.32 Å². The summed E-state index contributed by atoms with van der Waals surface area (Å²) in [5, 5.41) is 3.56. The molecule has 1 saturated carbocycles. The van der Waals surface area contributed by atoms with Gasteiger partial charge in [0, 0.05) is 31.7 Å². The molecule has 2 nitrogen and oxygen atoms in total. The predicted octanol–water partition coefficient (Wildman–Crippen LogP) is 3.03. The first-order valence-corrected chi connectivity index (χ1v) is 7.83. The van der Waals surface area contributed by atoms with Crippen molar-refractivity contribution in [3.05, 3.63) is 0 Å². The van der Waals surface area contributed by atoms with Gasteiger partial charge in [-0.05, 0) is 31.6 Å². The van der Waals surface area contributed by atoms with E-state index in [4.69, 9.17) is 0 Å². The highest BCUT2D eigenvalue weighted by molar-refractivity contribution is 4.88. The van der Waals surface area contributed by atoms with Crippen LogP contribution < -0.4 is 5.32 Å². The molecule has 0 aromatic heterocycles. The van der Waals surface area contributed by atoms with Gasteiger partial charge in [-0.1, -0.05) is 33.1 Å². The van der Waals surface area contributed by atoms with Crippen LogP contribution in [-0.2, 0) is 0 Å². The van der Waals surface area contributed by atoms with Crippen molar-refractivity contribution >= 4 is 0 Å². The first kappa shape index (κ1) is 13.4. The van der Waals surface area contributed by atoms with Crippen molar-refractivity contribution < 1.29 is 0 Å². The summed E-state index contributed by atoms with van der Waals surface area (Å²) < 4.78 is 0. The minimum atomic E-state index is 0.788. The molecule has 1 heterocycles. The van der Waals surface area contributed by atoms with E-state index in [9.17, 15) is 0 Å².